The molecule has 98 valence electrons. The Morgan fingerprint density at radius 1 is 1.56 bits per heavy atom. The van der Waals surface area contributed by atoms with Gasteiger partial charge in [0.25, 0.3) is 11.6 Å². The number of nitro benzene ring substituents is 1. The summed E-state index contributed by atoms with van der Waals surface area (Å²) in [5.74, 6) is -0.418. The van der Waals surface area contributed by atoms with Crippen molar-refractivity contribution < 1.29 is 14.8 Å². The Kier molecular flexibility index (Phi) is 4.79. The minimum absolute atomic E-state index is 0.0836. The SMILES string of the molecule is CC[C@H](CO)NC(=O)c1ccc(C)c([N+](=O)[O-])c1. The summed E-state index contributed by atoms with van der Waals surface area (Å²) < 4.78 is 0. The first-order chi connectivity index (χ1) is 8.49. The van der Waals surface area contributed by atoms with Gasteiger partial charge in [0.1, 0.15) is 0 Å². The fourth-order valence-electron chi connectivity index (χ4n) is 1.49. The zero-order valence-corrected chi connectivity index (χ0v) is 10.3. The molecule has 0 unspecified atom stereocenters. The first kappa shape index (κ1) is 14.1. The van der Waals surface area contributed by atoms with E-state index in [1.807, 2.05) is 6.92 Å². The number of nitrogens with zero attached hydrogens (tertiary/aromatic N) is 1. The predicted octanol–water partition coefficient (Wildman–Crippen LogP) is 1.40. The Morgan fingerprint density at radius 3 is 2.72 bits per heavy atom. The van der Waals surface area contributed by atoms with Crippen LogP contribution in [0.2, 0.25) is 0 Å². The van der Waals surface area contributed by atoms with E-state index in [-0.39, 0.29) is 23.9 Å². The third kappa shape index (κ3) is 3.27. The number of nitrogens with one attached hydrogen (secondary N) is 1. The molecular formula is C12H16N2O4. The summed E-state index contributed by atoms with van der Waals surface area (Å²) in [7, 11) is 0. The van der Waals surface area contributed by atoms with E-state index in [0.717, 1.165) is 0 Å². The molecule has 0 saturated carbocycles. The maximum Gasteiger partial charge on any atom is 0.273 e. The second-order valence-corrected chi connectivity index (χ2v) is 4.02. The molecule has 0 heterocycles. The number of aryl methyl sites for hydroxylation is 1. The van der Waals surface area contributed by atoms with Crippen molar-refractivity contribution in [3.63, 3.8) is 0 Å². The zero-order chi connectivity index (χ0) is 13.7. The van der Waals surface area contributed by atoms with Gasteiger partial charge in [-0.15, -0.1) is 0 Å². The minimum atomic E-state index is -0.518. The molecule has 1 atom stereocenters. The van der Waals surface area contributed by atoms with Crippen molar-refractivity contribution in [1.82, 2.24) is 5.32 Å². The van der Waals surface area contributed by atoms with Crippen LogP contribution < -0.4 is 5.32 Å². The highest BCUT2D eigenvalue weighted by Crippen LogP contribution is 2.19. The van der Waals surface area contributed by atoms with Gasteiger partial charge in [-0.3, -0.25) is 14.9 Å². The summed E-state index contributed by atoms with van der Waals surface area (Å²) in [6, 6.07) is 3.97. The number of amides is 1. The van der Waals surface area contributed by atoms with Crippen LogP contribution in [0.4, 0.5) is 5.69 Å². The van der Waals surface area contributed by atoms with E-state index in [2.05, 4.69) is 5.32 Å². The summed E-state index contributed by atoms with van der Waals surface area (Å²) in [6.45, 7) is 3.29. The van der Waals surface area contributed by atoms with Gasteiger partial charge >= 0.3 is 0 Å². The highest BCUT2D eigenvalue weighted by atomic mass is 16.6. The molecule has 1 aromatic carbocycles. The second kappa shape index (κ2) is 6.11. The van der Waals surface area contributed by atoms with Crippen molar-refractivity contribution in [3.8, 4) is 0 Å². The number of carbonyl (C=O) groups is 1. The van der Waals surface area contributed by atoms with Gasteiger partial charge < -0.3 is 10.4 Å². The fraction of sp³-hybridized carbons (Fsp3) is 0.417. The van der Waals surface area contributed by atoms with Gasteiger partial charge in [-0.2, -0.15) is 0 Å². The lowest BCUT2D eigenvalue weighted by molar-refractivity contribution is -0.385. The van der Waals surface area contributed by atoms with Gasteiger partial charge in [-0.25, -0.2) is 0 Å². The van der Waals surface area contributed by atoms with Crippen LogP contribution in [0.25, 0.3) is 0 Å². The molecule has 1 amide bonds. The number of rotatable bonds is 5. The van der Waals surface area contributed by atoms with Crippen LogP contribution in [0.1, 0.15) is 29.3 Å². The third-order valence-corrected chi connectivity index (χ3v) is 2.72. The number of carbonyl (C=O) groups excluding carboxylic acids is 1. The molecule has 6 nitrogen and oxygen atoms in total. The van der Waals surface area contributed by atoms with Crippen LogP contribution in [-0.4, -0.2) is 28.6 Å². The Labute approximate surface area is 105 Å². The average molecular weight is 252 g/mol. The van der Waals surface area contributed by atoms with E-state index in [9.17, 15) is 14.9 Å². The summed E-state index contributed by atoms with van der Waals surface area (Å²) in [4.78, 5) is 22.1. The van der Waals surface area contributed by atoms with Crippen molar-refractivity contribution in [3.05, 3.63) is 39.4 Å². The number of hydrogen-bond donors (Lipinski definition) is 2. The summed E-state index contributed by atoms with van der Waals surface area (Å²) in [5.41, 5.74) is 0.643. The molecule has 0 fully saturated rings. The molecule has 1 aromatic rings. The van der Waals surface area contributed by atoms with E-state index in [0.29, 0.717) is 12.0 Å². The lowest BCUT2D eigenvalue weighted by atomic mass is 10.1. The quantitative estimate of drug-likeness (QED) is 0.612. The Bertz CT molecular complexity index is 455. The number of benzene rings is 1. The van der Waals surface area contributed by atoms with Crippen LogP contribution in [0, 0.1) is 17.0 Å². The van der Waals surface area contributed by atoms with Gasteiger partial charge in [-0.05, 0) is 19.4 Å². The molecule has 0 radical (unpaired) electrons. The van der Waals surface area contributed by atoms with Crippen molar-refractivity contribution >= 4 is 11.6 Å². The predicted molar refractivity (Wildman–Crippen MR) is 66.5 cm³/mol. The molecular weight excluding hydrogens is 236 g/mol. The molecule has 0 aliphatic rings. The molecule has 18 heavy (non-hydrogen) atoms. The number of nitro groups is 1. The molecule has 2 N–H and O–H groups in total. The van der Waals surface area contributed by atoms with E-state index in [1.165, 1.54) is 18.2 Å². The lowest BCUT2D eigenvalue weighted by Gasteiger charge is -2.13. The van der Waals surface area contributed by atoms with Crippen LogP contribution in [-0.2, 0) is 0 Å². The van der Waals surface area contributed by atoms with Crippen LogP contribution in [0.3, 0.4) is 0 Å². The summed E-state index contributed by atoms with van der Waals surface area (Å²) in [6.07, 6.45) is 0.593. The van der Waals surface area contributed by atoms with Crippen molar-refractivity contribution in [1.29, 1.82) is 0 Å². The fourth-order valence-corrected chi connectivity index (χ4v) is 1.49. The molecule has 1 rings (SSSR count). The Balaban J connectivity index is 2.93. The number of aliphatic hydroxyl groups excluding tert-OH is 1. The van der Waals surface area contributed by atoms with Crippen LogP contribution in [0.15, 0.2) is 18.2 Å². The number of hydrogen-bond acceptors (Lipinski definition) is 4. The maximum atomic E-state index is 11.8. The standard InChI is InChI=1S/C12H16N2O4/c1-3-10(7-15)13-12(16)9-5-4-8(2)11(6-9)14(17)18/h4-6,10,15H,3,7H2,1-2H3,(H,13,16)/t10-/m1/s1. The molecule has 0 saturated heterocycles. The van der Waals surface area contributed by atoms with Crippen molar-refractivity contribution in [2.45, 2.75) is 26.3 Å². The summed E-state index contributed by atoms with van der Waals surface area (Å²) in [5, 5.41) is 22.4. The van der Waals surface area contributed by atoms with Crippen molar-refractivity contribution in [2.75, 3.05) is 6.61 Å². The highest BCUT2D eigenvalue weighted by molar-refractivity contribution is 5.95. The average Bonchev–Trinajstić information content (AvgIpc) is 2.35. The monoisotopic (exact) mass is 252 g/mol. The summed E-state index contributed by atoms with van der Waals surface area (Å²) >= 11 is 0. The van der Waals surface area contributed by atoms with E-state index < -0.39 is 10.8 Å². The molecule has 6 heteroatoms. The third-order valence-electron chi connectivity index (χ3n) is 2.72. The van der Waals surface area contributed by atoms with Gasteiger partial charge in [-0.1, -0.05) is 13.0 Å². The van der Waals surface area contributed by atoms with Gasteiger partial charge in [0.05, 0.1) is 17.6 Å². The molecule has 0 spiro atoms. The van der Waals surface area contributed by atoms with Gasteiger partial charge in [0, 0.05) is 17.2 Å². The molecule has 0 aliphatic carbocycles. The van der Waals surface area contributed by atoms with E-state index in [1.54, 1.807) is 6.92 Å². The lowest BCUT2D eigenvalue weighted by Crippen LogP contribution is -2.36. The smallest absolute Gasteiger partial charge is 0.273 e. The molecule has 0 aliphatic heterocycles. The largest absolute Gasteiger partial charge is 0.394 e. The topological polar surface area (TPSA) is 92.5 Å². The minimum Gasteiger partial charge on any atom is -0.394 e. The first-order valence-corrected chi connectivity index (χ1v) is 5.66. The number of aliphatic hydroxyl groups is 1. The first-order valence-electron chi connectivity index (χ1n) is 5.66. The Morgan fingerprint density at radius 2 is 2.22 bits per heavy atom. The van der Waals surface area contributed by atoms with E-state index >= 15 is 0 Å². The van der Waals surface area contributed by atoms with Crippen LogP contribution in [0.5, 0.6) is 0 Å². The van der Waals surface area contributed by atoms with Gasteiger partial charge in [0.15, 0.2) is 0 Å². The van der Waals surface area contributed by atoms with Crippen LogP contribution >= 0.6 is 0 Å². The van der Waals surface area contributed by atoms with Gasteiger partial charge in [0.2, 0.25) is 0 Å². The Hall–Kier alpha value is -1.95. The maximum absolute atomic E-state index is 11.8. The molecule has 0 aromatic heterocycles. The van der Waals surface area contributed by atoms with Crippen molar-refractivity contribution in [2.24, 2.45) is 0 Å². The van der Waals surface area contributed by atoms with E-state index in [4.69, 9.17) is 5.11 Å². The second-order valence-electron chi connectivity index (χ2n) is 4.02. The molecule has 0 bridgehead atoms. The zero-order valence-electron chi connectivity index (χ0n) is 10.3. The highest BCUT2D eigenvalue weighted by Gasteiger charge is 2.16. The normalized spacial score (nSPS) is 11.9.